The van der Waals surface area contributed by atoms with Crippen molar-refractivity contribution in [1.29, 1.82) is 0 Å². The fourth-order valence-electron chi connectivity index (χ4n) is 1.42. The third-order valence-electron chi connectivity index (χ3n) is 2.39. The van der Waals surface area contributed by atoms with Crippen LogP contribution in [0.3, 0.4) is 0 Å². The Hall–Kier alpha value is -2.55. The van der Waals surface area contributed by atoms with Crippen molar-refractivity contribution in [1.82, 2.24) is 5.32 Å². The Balaban J connectivity index is 2.75. The summed E-state index contributed by atoms with van der Waals surface area (Å²) in [6, 6.07) is 2.28. The van der Waals surface area contributed by atoms with E-state index in [1.807, 2.05) is 0 Å². The first kappa shape index (κ1) is 14.5. The molecule has 1 unspecified atom stereocenters. The minimum atomic E-state index is -1.25. The molecule has 1 atom stereocenters. The lowest BCUT2D eigenvalue weighted by atomic mass is 10.2. The van der Waals surface area contributed by atoms with Crippen LogP contribution in [0.4, 0.5) is 14.9 Å². The average Bonchev–Trinajstić information content (AvgIpc) is 2.33. The van der Waals surface area contributed by atoms with E-state index in [9.17, 15) is 14.0 Å². The highest BCUT2D eigenvalue weighted by atomic mass is 19.1. The Morgan fingerprint density at radius 3 is 2.74 bits per heavy atom. The third-order valence-corrected chi connectivity index (χ3v) is 2.39. The van der Waals surface area contributed by atoms with Crippen LogP contribution in [0.2, 0.25) is 0 Å². The topological polar surface area (TPSA) is 78.4 Å². The molecule has 19 heavy (non-hydrogen) atoms. The van der Waals surface area contributed by atoms with Crippen molar-refractivity contribution < 1.29 is 19.1 Å². The van der Waals surface area contributed by atoms with E-state index < -0.39 is 23.9 Å². The molecule has 0 aliphatic rings. The molecule has 6 heteroatoms. The molecule has 0 spiro atoms. The fourth-order valence-corrected chi connectivity index (χ4v) is 1.42. The van der Waals surface area contributed by atoms with Crippen molar-refractivity contribution in [3.05, 3.63) is 29.6 Å². The molecule has 1 aromatic carbocycles. The average molecular weight is 264 g/mol. The second-order valence-electron chi connectivity index (χ2n) is 3.83. The third kappa shape index (κ3) is 4.00. The zero-order valence-electron chi connectivity index (χ0n) is 10.2. The number of carboxylic acid groups (broad SMARTS) is 1. The first-order valence-corrected chi connectivity index (χ1v) is 5.44. The van der Waals surface area contributed by atoms with E-state index >= 15 is 0 Å². The molecule has 0 bridgehead atoms. The van der Waals surface area contributed by atoms with Gasteiger partial charge in [0.05, 0.1) is 5.69 Å². The van der Waals surface area contributed by atoms with Gasteiger partial charge in [0.1, 0.15) is 11.9 Å². The number of hydrogen-bond acceptors (Lipinski definition) is 2. The van der Waals surface area contributed by atoms with Crippen molar-refractivity contribution in [2.45, 2.75) is 19.4 Å². The highest BCUT2D eigenvalue weighted by Crippen LogP contribution is 2.18. The lowest BCUT2D eigenvalue weighted by Crippen LogP contribution is -2.43. The van der Waals surface area contributed by atoms with Gasteiger partial charge >= 0.3 is 12.0 Å². The van der Waals surface area contributed by atoms with E-state index in [1.54, 1.807) is 13.0 Å². The number of carbonyl (C=O) groups is 2. The highest BCUT2D eigenvalue weighted by Gasteiger charge is 2.19. The second-order valence-corrected chi connectivity index (χ2v) is 3.83. The lowest BCUT2D eigenvalue weighted by Gasteiger charge is -2.14. The van der Waals surface area contributed by atoms with Gasteiger partial charge in [-0.2, -0.15) is 0 Å². The molecule has 0 aromatic heterocycles. The van der Waals surface area contributed by atoms with Gasteiger partial charge in [-0.3, -0.25) is 0 Å². The summed E-state index contributed by atoms with van der Waals surface area (Å²) < 4.78 is 13.5. The molecule has 1 aromatic rings. The van der Waals surface area contributed by atoms with Crippen molar-refractivity contribution in [2.24, 2.45) is 0 Å². The Kier molecular flexibility index (Phi) is 4.89. The van der Waals surface area contributed by atoms with Gasteiger partial charge in [0.15, 0.2) is 0 Å². The summed E-state index contributed by atoms with van der Waals surface area (Å²) >= 11 is 0. The summed E-state index contributed by atoms with van der Waals surface area (Å²) in [6.07, 6.45) is 4.84. The van der Waals surface area contributed by atoms with Gasteiger partial charge in [0.25, 0.3) is 0 Å². The predicted molar refractivity (Wildman–Crippen MR) is 68.2 cm³/mol. The largest absolute Gasteiger partial charge is 0.480 e. The number of carbonyl (C=O) groups excluding carboxylic acids is 1. The minimum absolute atomic E-state index is 0.00449. The molecule has 5 nitrogen and oxygen atoms in total. The number of nitrogens with one attached hydrogen (secondary N) is 2. The van der Waals surface area contributed by atoms with Crippen LogP contribution in [0.5, 0.6) is 0 Å². The zero-order chi connectivity index (χ0) is 14.4. The number of rotatable bonds is 4. The maximum Gasteiger partial charge on any atom is 0.327 e. The first-order chi connectivity index (χ1) is 8.95. The second kappa shape index (κ2) is 6.40. The number of anilines is 1. The van der Waals surface area contributed by atoms with Crippen LogP contribution >= 0.6 is 0 Å². The molecule has 0 aliphatic carbocycles. The van der Waals surface area contributed by atoms with Crippen LogP contribution in [0, 0.1) is 25.1 Å². The van der Waals surface area contributed by atoms with Crippen LogP contribution in [-0.4, -0.2) is 23.1 Å². The van der Waals surface area contributed by atoms with E-state index in [2.05, 4.69) is 16.6 Å². The molecular formula is C13H13FN2O3. The number of para-hydroxylation sites is 1. The molecule has 100 valence electrons. The number of amides is 2. The molecule has 0 saturated carbocycles. The summed E-state index contributed by atoms with van der Waals surface area (Å²) in [5.41, 5.74) is 0.531. The summed E-state index contributed by atoms with van der Waals surface area (Å²) in [5, 5.41) is 13.2. The van der Waals surface area contributed by atoms with Crippen LogP contribution in [0.25, 0.3) is 0 Å². The Labute approximate surface area is 109 Å². The number of halogens is 1. The maximum atomic E-state index is 13.5. The standard InChI is InChI=1S/C13H13FN2O3/c1-3-5-10(12(17)18)15-13(19)16-11-8(2)6-4-7-9(11)14/h1,4,6-7,10H,5H2,2H3,(H,17,18)(H2,15,16,19). The summed E-state index contributed by atoms with van der Waals surface area (Å²) in [7, 11) is 0. The fraction of sp³-hybridized carbons (Fsp3) is 0.231. The Morgan fingerprint density at radius 2 is 2.21 bits per heavy atom. The molecule has 2 amide bonds. The van der Waals surface area contributed by atoms with Gasteiger partial charge in [-0.15, -0.1) is 12.3 Å². The van der Waals surface area contributed by atoms with Crippen molar-refractivity contribution in [3.8, 4) is 12.3 Å². The first-order valence-electron chi connectivity index (χ1n) is 5.44. The van der Waals surface area contributed by atoms with Crippen molar-refractivity contribution >= 4 is 17.7 Å². The van der Waals surface area contributed by atoms with Crippen LogP contribution in [-0.2, 0) is 4.79 Å². The molecule has 0 aliphatic heterocycles. The number of carboxylic acids is 1. The van der Waals surface area contributed by atoms with Crippen LogP contribution in [0.1, 0.15) is 12.0 Å². The minimum Gasteiger partial charge on any atom is -0.480 e. The van der Waals surface area contributed by atoms with E-state index in [1.165, 1.54) is 12.1 Å². The SMILES string of the molecule is C#CCC(NC(=O)Nc1c(C)cccc1F)C(=O)O. The van der Waals surface area contributed by atoms with Gasteiger partial charge in [-0.05, 0) is 18.6 Å². The van der Waals surface area contributed by atoms with Crippen molar-refractivity contribution in [3.63, 3.8) is 0 Å². The van der Waals surface area contributed by atoms with E-state index in [0.717, 1.165) is 0 Å². The molecule has 1 rings (SSSR count). The zero-order valence-corrected chi connectivity index (χ0v) is 10.2. The van der Waals surface area contributed by atoms with Crippen molar-refractivity contribution in [2.75, 3.05) is 5.32 Å². The van der Waals surface area contributed by atoms with Gasteiger partial charge < -0.3 is 15.7 Å². The molecule has 0 fully saturated rings. The van der Waals surface area contributed by atoms with Gasteiger partial charge in [-0.1, -0.05) is 12.1 Å². The van der Waals surface area contributed by atoms with E-state index in [0.29, 0.717) is 5.56 Å². The summed E-state index contributed by atoms with van der Waals surface area (Å²) in [6.45, 7) is 1.62. The monoisotopic (exact) mass is 264 g/mol. The van der Waals surface area contributed by atoms with E-state index in [4.69, 9.17) is 11.5 Å². The van der Waals surface area contributed by atoms with Gasteiger partial charge in [0, 0.05) is 6.42 Å². The number of urea groups is 1. The number of aliphatic carboxylic acids is 1. The normalized spacial score (nSPS) is 11.2. The molecular weight excluding hydrogens is 251 g/mol. The number of terminal acetylenes is 1. The molecule has 3 N–H and O–H groups in total. The number of aryl methyl sites for hydroxylation is 1. The molecule has 0 radical (unpaired) electrons. The Morgan fingerprint density at radius 1 is 1.53 bits per heavy atom. The van der Waals surface area contributed by atoms with Gasteiger partial charge in [-0.25, -0.2) is 14.0 Å². The summed E-state index contributed by atoms with van der Waals surface area (Å²) in [5.74, 6) is 0.294. The Bertz CT molecular complexity index is 517. The number of benzene rings is 1. The molecule has 0 saturated heterocycles. The van der Waals surface area contributed by atoms with Crippen LogP contribution < -0.4 is 10.6 Å². The number of hydrogen-bond donors (Lipinski definition) is 3. The lowest BCUT2D eigenvalue weighted by molar-refractivity contribution is -0.139. The quantitative estimate of drug-likeness (QED) is 0.725. The molecule has 0 heterocycles. The smallest absolute Gasteiger partial charge is 0.327 e. The predicted octanol–water partition coefficient (Wildman–Crippen LogP) is 1.73. The van der Waals surface area contributed by atoms with E-state index in [-0.39, 0.29) is 12.1 Å². The summed E-state index contributed by atoms with van der Waals surface area (Å²) in [4.78, 5) is 22.4. The maximum absolute atomic E-state index is 13.5. The van der Waals surface area contributed by atoms with Crippen LogP contribution in [0.15, 0.2) is 18.2 Å². The highest BCUT2D eigenvalue weighted by molar-refractivity contribution is 5.93. The van der Waals surface area contributed by atoms with Gasteiger partial charge in [0.2, 0.25) is 0 Å².